The van der Waals surface area contributed by atoms with Crippen molar-refractivity contribution in [1.82, 2.24) is 4.90 Å². The fourth-order valence-corrected chi connectivity index (χ4v) is 1.42. The van der Waals surface area contributed by atoms with Gasteiger partial charge in [-0.15, -0.1) is 0 Å². The Morgan fingerprint density at radius 2 is 2.29 bits per heavy atom. The number of rotatable bonds is 4. The Morgan fingerprint density at radius 3 is 2.88 bits per heavy atom. The first kappa shape index (κ1) is 13.0. The third-order valence-electron chi connectivity index (χ3n) is 2.40. The number of hydrogen-bond donors (Lipinski definition) is 0. The van der Waals surface area contributed by atoms with Crippen LogP contribution in [0.5, 0.6) is 5.75 Å². The second kappa shape index (κ2) is 5.85. The van der Waals surface area contributed by atoms with Gasteiger partial charge >= 0.3 is 5.91 Å². The van der Waals surface area contributed by atoms with E-state index in [2.05, 4.69) is 0 Å². The highest BCUT2D eigenvalue weighted by Gasteiger charge is 2.09. The van der Waals surface area contributed by atoms with E-state index in [1.165, 1.54) is 43.3 Å². The summed E-state index contributed by atoms with van der Waals surface area (Å²) in [6, 6.07) is 5.74. The number of halogens is 1. The summed E-state index contributed by atoms with van der Waals surface area (Å²) in [5, 5.41) is 8.42. The van der Waals surface area contributed by atoms with Crippen molar-refractivity contribution in [3.63, 3.8) is 0 Å². The van der Waals surface area contributed by atoms with E-state index in [0.29, 0.717) is 24.3 Å². The highest BCUT2D eigenvalue weighted by molar-refractivity contribution is 5.90. The lowest BCUT2D eigenvalue weighted by Gasteiger charge is -2.14. The van der Waals surface area contributed by atoms with E-state index in [9.17, 15) is 9.18 Å². The van der Waals surface area contributed by atoms with Crippen LogP contribution in [0.1, 0.15) is 5.56 Å². The standard InChI is InChI=1S/C12H13FN2O2/c1-15(12(16)8-14)6-5-9-7-10(13)3-4-11(9)17-2/h3-4,7H,5-6H2,1-2H3. The predicted molar refractivity (Wildman–Crippen MR) is 59.9 cm³/mol. The van der Waals surface area contributed by atoms with E-state index >= 15 is 0 Å². The third kappa shape index (κ3) is 3.45. The number of carbonyl (C=O) groups is 1. The second-order valence-electron chi connectivity index (χ2n) is 3.54. The fourth-order valence-electron chi connectivity index (χ4n) is 1.42. The van der Waals surface area contributed by atoms with Gasteiger partial charge in [0.2, 0.25) is 0 Å². The number of methoxy groups -OCH3 is 1. The lowest BCUT2D eigenvalue weighted by Crippen LogP contribution is -2.27. The number of benzene rings is 1. The van der Waals surface area contributed by atoms with Crippen LogP contribution in [0, 0.1) is 17.1 Å². The smallest absolute Gasteiger partial charge is 0.324 e. The molecule has 5 heteroatoms. The molecule has 17 heavy (non-hydrogen) atoms. The van der Waals surface area contributed by atoms with Crippen LogP contribution in [0.4, 0.5) is 4.39 Å². The number of ether oxygens (including phenoxy) is 1. The molecule has 1 rings (SSSR count). The zero-order chi connectivity index (χ0) is 12.8. The van der Waals surface area contributed by atoms with Crippen molar-refractivity contribution in [3.8, 4) is 11.8 Å². The number of nitriles is 1. The highest BCUT2D eigenvalue weighted by atomic mass is 19.1. The molecule has 0 aliphatic carbocycles. The van der Waals surface area contributed by atoms with Crippen LogP contribution in [0.3, 0.4) is 0 Å². The van der Waals surface area contributed by atoms with Crippen molar-refractivity contribution < 1.29 is 13.9 Å². The van der Waals surface area contributed by atoms with Crippen LogP contribution in [-0.4, -0.2) is 31.5 Å². The molecule has 1 aromatic carbocycles. The van der Waals surface area contributed by atoms with Gasteiger partial charge in [-0.1, -0.05) is 0 Å². The minimum absolute atomic E-state index is 0.339. The molecule has 0 saturated heterocycles. The Labute approximate surface area is 99.2 Å². The summed E-state index contributed by atoms with van der Waals surface area (Å²) in [6.07, 6.45) is 0.435. The van der Waals surface area contributed by atoms with Gasteiger partial charge in [0.15, 0.2) is 6.07 Å². The normalized spacial score (nSPS) is 9.53. The van der Waals surface area contributed by atoms with Gasteiger partial charge < -0.3 is 9.64 Å². The van der Waals surface area contributed by atoms with Gasteiger partial charge in [-0.25, -0.2) is 4.39 Å². The largest absolute Gasteiger partial charge is 0.496 e. The molecule has 1 aromatic rings. The van der Waals surface area contributed by atoms with Crippen molar-refractivity contribution in [3.05, 3.63) is 29.6 Å². The van der Waals surface area contributed by atoms with Crippen LogP contribution < -0.4 is 4.74 Å². The molecule has 0 N–H and O–H groups in total. The first-order valence-electron chi connectivity index (χ1n) is 5.06. The molecule has 0 radical (unpaired) electrons. The average Bonchev–Trinajstić information content (AvgIpc) is 2.35. The minimum atomic E-state index is -0.611. The van der Waals surface area contributed by atoms with Crippen LogP contribution in [0.25, 0.3) is 0 Å². The second-order valence-corrected chi connectivity index (χ2v) is 3.54. The van der Waals surface area contributed by atoms with Crippen molar-refractivity contribution in [2.75, 3.05) is 20.7 Å². The van der Waals surface area contributed by atoms with Crippen LogP contribution in [0.2, 0.25) is 0 Å². The number of hydrogen-bond acceptors (Lipinski definition) is 3. The Kier molecular flexibility index (Phi) is 4.46. The molecule has 0 fully saturated rings. The van der Waals surface area contributed by atoms with Gasteiger partial charge in [0.1, 0.15) is 11.6 Å². The molecule has 0 aliphatic rings. The summed E-state index contributed by atoms with van der Waals surface area (Å²) in [7, 11) is 3.03. The zero-order valence-corrected chi connectivity index (χ0v) is 9.74. The van der Waals surface area contributed by atoms with Crippen LogP contribution in [0.15, 0.2) is 18.2 Å². The summed E-state index contributed by atoms with van der Waals surface area (Å²) in [4.78, 5) is 12.3. The zero-order valence-electron chi connectivity index (χ0n) is 9.74. The quantitative estimate of drug-likeness (QED) is 0.742. The summed E-state index contributed by atoms with van der Waals surface area (Å²) in [5.74, 6) is -0.389. The molecule has 4 nitrogen and oxygen atoms in total. The lowest BCUT2D eigenvalue weighted by molar-refractivity contribution is -0.124. The Bertz CT molecular complexity index is 454. The Balaban J connectivity index is 2.72. The van der Waals surface area contributed by atoms with Crippen molar-refractivity contribution in [1.29, 1.82) is 5.26 Å². The first-order chi connectivity index (χ1) is 8.08. The summed E-state index contributed by atoms with van der Waals surface area (Å²) in [6.45, 7) is 0.339. The molecule has 0 aromatic heterocycles. The molecule has 0 atom stereocenters. The molecule has 0 saturated carbocycles. The highest BCUT2D eigenvalue weighted by Crippen LogP contribution is 2.19. The van der Waals surface area contributed by atoms with Crippen LogP contribution in [-0.2, 0) is 11.2 Å². The summed E-state index contributed by atoms with van der Waals surface area (Å²) >= 11 is 0. The molecule has 0 heterocycles. The SMILES string of the molecule is COc1ccc(F)cc1CCN(C)C(=O)C#N. The third-order valence-corrected chi connectivity index (χ3v) is 2.40. The van der Waals surface area contributed by atoms with Gasteiger partial charge in [0.25, 0.3) is 0 Å². The van der Waals surface area contributed by atoms with Crippen molar-refractivity contribution >= 4 is 5.91 Å². The van der Waals surface area contributed by atoms with E-state index < -0.39 is 5.91 Å². The number of nitrogens with zero attached hydrogens (tertiary/aromatic N) is 2. The van der Waals surface area contributed by atoms with Crippen LogP contribution >= 0.6 is 0 Å². The molecule has 0 aliphatic heterocycles. The maximum absolute atomic E-state index is 13.0. The summed E-state index contributed by atoms with van der Waals surface area (Å²) in [5.41, 5.74) is 0.671. The average molecular weight is 236 g/mol. The summed E-state index contributed by atoms with van der Waals surface area (Å²) < 4.78 is 18.1. The fraction of sp³-hybridized carbons (Fsp3) is 0.333. The molecule has 0 spiro atoms. The lowest BCUT2D eigenvalue weighted by atomic mass is 10.1. The first-order valence-corrected chi connectivity index (χ1v) is 5.06. The Morgan fingerprint density at radius 1 is 1.59 bits per heavy atom. The van der Waals surface area contributed by atoms with Gasteiger partial charge in [0.05, 0.1) is 7.11 Å². The minimum Gasteiger partial charge on any atom is -0.496 e. The van der Waals surface area contributed by atoms with E-state index in [0.717, 1.165) is 0 Å². The maximum atomic E-state index is 13.0. The number of carbonyl (C=O) groups excluding carboxylic acids is 1. The van der Waals surface area contributed by atoms with Crippen molar-refractivity contribution in [2.45, 2.75) is 6.42 Å². The topological polar surface area (TPSA) is 53.3 Å². The van der Waals surface area contributed by atoms with E-state index in [4.69, 9.17) is 10.00 Å². The maximum Gasteiger partial charge on any atom is 0.324 e. The van der Waals surface area contributed by atoms with E-state index in [-0.39, 0.29) is 5.82 Å². The molecule has 0 unspecified atom stereocenters. The van der Waals surface area contributed by atoms with Gasteiger partial charge in [-0.2, -0.15) is 5.26 Å². The molecular formula is C12H13FN2O2. The molecule has 0 bridgehead atoms. The van der Waals surface area contributed by atoms with E-state index in [1.54, 1.807) is 0 Å². The van der Waals surface area contributed by atoms with Gasteiger partial charge in [-0.3, -0.25) is 4.79 Å². The molecule has 1 amide bonds. The molecule has 90 valence electrons. The Hall–Kier alpha value is -2.09. The van der Waals surface area contributed by atoms with E-state index in [1.807, 2.05) is 0 Å². The van der Waals surface area contributed by atoms with Gasteiger partial charge in [-0.05, 0) is 30.2 Å². The molecular weight excluding hydrogens is 223 g/mol. The number of amides is 1. The number of likely N-dealkylation sites (N-methyl/N-ethyl adjacent to an activating group) is 1. The van der Waals surface area contributed by atoms with Crippen molar-refractivity contribution in [2.24, 2.45) is 0 Å². The predicted octanol–water partition coefficient (Wildman–Crippen LogP) is 1.36. The monoisotopic (exact) mass is 236 g/mol. The van der Waals surface area contributed by atoms with Gasteiger partial charge in [0, 0.05) is 13.6 Å².